The molecule has 1 saturated heterocycles. The highest BCUT2D eigenvalue weighted by atomic mass is 16.7. The highest BCUT2D eigenvalue weighted by Crippen LogP contribution is 2.36. The van der Waals surface area contributed by atoms with Gasteiger partial charge in [-0.2, -0.15) is 0 Å². The van der Waals surface area contributed by atoms with Crippen molar-refractivity contribution in [2.75, 3.05) is 6.61 Å². The van der Waals surface area contributed by atoms with Gasteiger partial charge in [0.15, 0.2) is 0 Å². The van der Waals surface area contributed by atoms with Crippen molar-refractivity contribution in [2.45, 2.75) is 85.4 Å². The van der Waals surface area contributed by atoms with Gasteiger partial charge in [0, 0.05) is 0 Å². The molecule has 1 aromatic carbocycles. The van der Waals surface area contributed by atoms with Crippen molar-refractivity contribution in [2.24, 2.45) is 11.8 Å². The molecule has 1 heterocycles. The van der Waals surface area contributed by atoms with Crippen LogP contribution in [0.2, 0.25) is 0 Å². The summed E-state index contributed by atoms with van der Waals surface area (Å²) in [6, 6.07) is 8.13. The summed E-state index contributed by atoms with van der Waals surface area (Å²) in [6.07, 6.45) is 5.05. The molecule has 1 aliphatic rings. The van der Waals surface area contributed by atoms with Gasteiger partial charge in [-0.25, -0.2) is 0 Å². The topological polar surface area (TPSA) is 27.7 Å². The highest BCUT2D eigenvalue weighted by Gasteiger charge is 2.51. The maximum Gasteiger partial charge on any atom is 0.494 e. The van der Waals surface area contributed by atoms with Crippen molar-refractivity contribution >= 4 is 12.6 Å². The van der Waals surface area contributed by atoms with Gasteiger partial charge < -0.3 is 14.0 Å². The van der Waals surface area contributed by atoms with E-state index in [0.29, 0.717) is 0 Å². The van der Waals surface area contributed by atoms with Crippen LogP contribution in [-0.2, 0) is 9.31 Å². The van der Waals surface area contributed by atoms with Gasteiger partial charge in [-0.05, 0) is 63.5 Å². The summed E-state index contributed by atoms with van der Waals surface area (Å²) < 4.78 is 18.1. The summed E-state index contributed by atoms with van der Waals surface area (Å²) in [5.41, 5.74) is 0.426. The van der Waals surface area contributed by atoms with Crippen LogP contribution < -0.4 is 10.2 Å². The molecule has 3 nitrogen and oxygen atoms in total. The minimum atomic E-state index is -0.310. The molecule has 0 amide bonds. The summed E-state index contributed by atoms with van der Waals surface area (Å²) in [7, 11) is -0.310. The van der Waals surface area contributed by atoms with E-state index in [0.717, 1.165) is 36.1 Å². The van der Waals surface area contributed by atoms with Gasteiger partial charge in [-0.3, -0.25) is 0 Å². The van der Waals surface area contributed by atoms with E-state index in [4.69, 9.17) is 14.0 Å². The monoisotopic (exact) mass is 360 g/mol. The first-order valence-electron chi connectivity index (χ1n) is 10.2. The lowest BCUT2D eigenvalue weighted by atomic mass is 9.79. The Morgan fingerprint density at radius 2 is 1.46 bits per heavy atom. The van der Waals surface area contributed by atoms with Crippen LogP contribution in [0.4, 0.5) is 0 Å². The Morgan fingerprint density at radius 1 is 0.885 bits per heavy atom. The Balaban J connectivity index is 1.76. The van der Waals surface area contributed by atoms with Crippen LogP contribution in [-0.4, -0.2) is 24.9 Å². The van der Waals surface area contributed by atoms with Crippen molar-refractivity contribution < 1.29 is 14.0 Å². The van der Waals surface area contributed by atoms with Crippen LogP contribution in [0.3, 0.4) is 0 Å². The van der Waals surface area contributed by atoms with E-state index in [2.05, 4.69) is 48.5 Å². The third-order valence-corrected chi connectivity index (χ3v) is 5.76. The number of ether oxygens (including phenoxy) is 1. The van der Waals surface area contributed by atoms with Crippen LogP contribution in [0, 0.1) is 11.8 Å². The van der Waals surface area contributed by atoms with E-state index >= 15 is 0 Å². The first-order chi connectivity index (χ1) is 12.1. The second-order valence-corrected chi connectivity index (χ2v) is 9.22. The predicted molar refractivity (Wildman–Crippen MR) is 110 cm³/mol. The van der Waals surface area contributed by atoms with Gasteiger partial charge in [0.25, 0.3) is 0 Å². The molecule has 0 N–H and O–H groups in total. The lowest BCUT2D eigenvalue weighted by molar-refractivity contribution is 0.00578. The minimum Gasteiger partial charge on any atom is -0.494 e. The predicted octanol–water partition coefficient (Wildman–Crippen LogP) is 5.22. The fraction of sp³-hybridized carbons (Fsp3) is 0.727. The molecule has 0 radical (unpaired) electrons. The van der Waals surface area contributed by atoms with Crippen LogP contribution in [0.25, 0.3) is 0 Å². The van der Waals surface area contributed by atoms with Crippen molar-refractivity contribution in [1.29, 1.82) is 0 Å². The summed E-state index contributed by atoms with van der Waals surface area (Å²) in [4.78, 5) is 0. The van der Waals surface area contributed by atoms with Gasteiger partial charge in [0.05, 0.1) is 17.8 Å². The SMILES string of the molecule is CC(C)CCCC(C)CCOc1ccc(B2OC(C)(C)C(C)(C)O2)cc1. The zero-order valence-electron chi connectivity index (χ0n) is 17.8. The average molecular weight is 360 g/mol. The fourth-order valence-corrected chi connectivity index (χ4v) is 3.10. The number of hydrogen-bond acceptors (Lipinski definition) is 3. The molecular formula is C22H37BO3. The zero-order valence-corrected chi connectivity index (χ0v) is 17.8. The van der Waals surface area contributed by atoms with E-state index in [-0.39, 0.29) is 18.3 Å². The Morgan fingerprint density at radius 3 is 2.00 bits per heavy atom. The first kappa shape index (κ1) is 21.3. The second-order valence-electron chi connectivity index (χ2n) is 9.22. The van der Waals surface area contributed by atoms with Gasteiger partial charge >= 0.3 is 7.12 Å². The van der Waals surface area contributed by atoms with E-state index in [1.807, 2.05) is 24.3 Å². The smallest absolute Gasteiger partial charge is 0.494 e. The molecule has 1 fully saturated rings. The molecule has 4 heteroatoms. The molecular weight excluding hydrogens is 323 g/mol. The van der Waals surface area contributed by atoms with Gasteiger partial charge in [0.2, 0.25) is 0 Å². The molecule has 146 valence electrons. The Bertz CT molecular complexity index is 535. The average Bonchev–Trinajstić information content (AvgIpc) is 2.75. The normalized spacial score (nSPS) is 19.8. The zero-order chi connectivity index (χ0) is 19.4. The third-order valence-electron chi connectivity index (χ3n) is 5.76. The van der Waals surface area contributed by atoms with Gasteiger partial charge in [-0.1, -0.05) is 52.2 Å². The molecule has 0 aromatic heterocycles. The lowest BCUT2D eigenvalue weighted by Gasteiger charge is -2.32. The van der Waals surface area contributed by atoms with Crippen LogP contribution in [0.5, 0.6) is 5.75 Å². The van der Waals surface area contributed by atoms with Crippen LogP contribution in [0.1, 0.15) is 74.1 Å². The van der Waals surface area contributed by atoms with E-state index in [1.54, 1.807) is 0 Å². The van der Waals surface area contributed by atoms with E-state index in [9.17, 15) is 0 Å². The molecule has 1 atom stereocenters. The fourth-order valence-electron chi connectivity index (χ4n) is 3.10. The van der Waals surface area contributed by atoms with Crippen molar-refractivity contribution in [3.05, 3.63) is 24.3 Å². The summed E-state index contributed by atoms with van der Waals surface area (Å²) in [6.45, 7) is 16.0. The number of benzene rings is 1. The Hall–Kier alpha value is -0.995. The number of rotatable bonds is 9. The minimum absolute atomic E-state index is 0.307. The molecule has 0 saturated carbocycles. The number of hydrogen-bond donors (Lipinski definition) is 0. The van der Waals surface area contributed by atoms with Crippen molar-refractivity contribution in [3.63, 3.8) is 0 Å². The van der Waals surface area contributed by atoms with Crippen molar-refractivity contribution in [3.8, 4) is 5.75 Å². The van der Waals surface area contributed by atoms with Gasteiger partial charge in [-0.15, -0.1) is 0 Å². The molecule has 26 heavy (non-hydrogen) atoms. The maximum absolute atomic E-state index is 6.09. The molecule has 0 aliphatic carbocycles. The summed E-state index contributed by atoms with van der Waals surface area (Å²) >= 11 is 0. The standard InChI is InChI=1S/C22H37BO3/c1-17(2)9-8-10-18(3)15-16-24-20-13-11-19(12-14-20)23-25-21(4,5)22(6,7)26-23/h11-14,17-18H,8-10,15-16H2,1-7H3. The quantitative estimate of drug-likeness (QED) is 0.565. The third kappa shape index (κ3) is 5.75. The molecule has 0 spiro atoms. The van der Waals surface area contributed by atoms with Crippen molar-refractivity contribution in [1.82, 2.24) is 0 Å². The largest absolute Gasteiger partial charge is 0.494 e. The molecule has 1 aliphatic heterocycles. The molecule has 2 rings (SSSR count). The Labute approximate surface area is 160 Å². The summed E-state index contributed by atoms with van der Waals surface area (Å²) in [5, 5.41) is 0. The van der Waals surface area contributed by atoms with Gasteiger partial charge in [0.1, 0.15) is 5.75 Å². The Kier molecular flexibility index (Phi) is 7.21. The summed E-state index contributed by atoms with van der Waals surface area (Å²) in [5.74, 6) is 2.44. The molecule has 0 bridgehead atoms. The van der Waals surface area contributed by atoms with E-state index < -0.39 is 0 Å². The van der Waals surface area contributed by atoms with Crippen LogP contribution in [0.15, 0.2) is 24.3 Å². The highest BCUT2D eigenvalue weighted by molar-refractivity contribution is 6.62. The molecule has 1 aromatic rings. The first-order valence-corrected chi connectivity index (χ1v) is 10.2. The van der Waals surface area contributed by atoms with Crippen LogP contribution >= 0.6 is 0 Å². The van der Waals surface area contributed by atoms with E-state index in [1.165, 1.54) is 19.3 Å². The molecule has 1 unspecified atom stereocenters. The lowest BCUT2D eigenvalue weighted by Crippen LogP contribution is -2.41. The maximum atomic E-state index is 6.09. The second kappa shape index (κ2) is 8.80.